The normalized spacial score (nSPS) is 31.6. The van der Waals surface area contributed by atoms with E-state index in [0.29, 0.717) is 17.9 Å². The molecule has 88 valence electrons. The zero-order chi connectivity index (χ0) is 11.4. The van der Waals surface area contributed by atoms with Crippen LogP contribution in [0, 0.1) is 17.8 Å². The molecule has 1 rings (SSSR count). The first-order valence-electron chi connectivity index (χ1n) is 5.81. The molecule has 0 aromatic rings. The topological polar surface area (TPSA) is 67.2 Å². The van der Waals surface area contributed by atoms with Crippen LogP contribution < -0.4 is 16.6 Å². The number of rotatable bonds is 3. The van der Waals surface area contributed by atoms with E-state index >= 15 is 0 Å². The van der Waals surface area contributed by atoms with Crippen molar-refractivity contribution in [2.45, 2.75) is 46.1 Å². The van der Waals surface area contributed by atoms with Crippen molar-refractivity contribution in [2.24, 2.45) is 23.5 Å². The Bertz CT molecular complexity index is 218. The smallest absolute Gasteiger partial charge is 0.326 e. The van der Waals surface area contributed by atoms with Crippen molar-refractivity contribution in [1.82, 2.24) is 10.9 Å². The fraction of sp³-hybridized carbons (Fsp3) is 0.909. The Balaban J connectivity index is 2.50. The molecule has 2 amide bonds. The Kier molecular flexibility index (Phi) is 4.39. The number of hydrazine groups is 1. The SMILES string of the molecule is CC(C)[C@H]1CC[C@@H](C)C[C@H]1NNC(N)=O. The highest BCUT2D eigenvalue weighted by atomic mass is 16.2. The standard InChI is InChI=1S/C11H23N3O/c1-7(2)9-5-4-8(3)6-10(9)13-14-11(12)15/h7-10,13H,4-6H2,1-3H3,(H3,12,14,15)/t8-,9-,10-/m1/s1. The summed E-state index contributed by atoms with van der Waals surface area (Å²) in [4.78, 5) is 10.6. The van der Waals surface area contributed by atoms with Gasteiger partial charge in [-0.3, -0.25) is 5.43 Å². The summed E-state index contributed by atoms with van der Waals surface area (Å²) in [7, 11) is 0. The molecule has 0 heterocycles. The van der Waals surface area contributed by atoms with Crippen LogP contribution in [0.15, 0.2) is 0 Å². The van der Waals surface area contributed by atoms with Gasteiger partial charge in [-0.1, -0.05) is 27.2 Å². The molecule has 1 fully saturated rings. The summed E-state index contributed by atoms with van der Waals surface area (Å²) >= 11 is 0. The van der Waals surface area contributed by atoms with Gasteiger partial charge in [0.05, 0.1) is 0 Å². The molecule has 1 saturated carbocycles. The average Bonchev–Trinajstić information content (AvgIpc) is 2.14. The van der Waals surface area contributed by atoms with E-state index in [4.69, 9.17) is 5.73 Å². The molecule has 4 heteroatoms. The lowest BCUT2D eigenvalue weighted by Gasteiger charge is -2.37. The van der Waals surface area contributed by atoms with Crippen LogP contribution in [-0.2, 0) is 0 Å². The molecule has 0 aliphatic heterocycles. The fourth-order valence-corrected chi connectivity index (χ4v) is 2.53. The Hall–Kier alpha value is -0.770. The number of carbonyl (C=O) groups is 1. The molecule has 1 aliphatic carbocycles. The third kappa shape index (κ3) is 3.70. The van der Waals surface area contributed by atoms with E-state index < -0.39 is 6.03 Å². The molecule has 0 aromatic heterocycles. The van der Waals surface area contributed by atoms with Crippen LogP contribution >= 0.6 is 0 Å². The van der Waals surface area contributed by atoms with Crippen molar-refractivity contribution in [3.8, 4) is 0 Å². The van der Waals surface area contributed by atoms with Gasteiger partial charge >= 0.3 is 6.03 Å². The molecule has 1 aliphatic rings. The largest absolute Gasteiger partial charge is 0.351 e. The highest BCUT2D eigenvalue weighted by molar-refractivity contribution is 5.70. The predicted octanol–water partition coefficient (Wildman–Crippen LogP) is 1.62. The second kappa shape index (κ2) is 5.35. The van der Waals surface area contributed by atoms with Crippen LogP contribution in [0.4, 0.5) is 4.79 Å². The average molecular weight is 213 g/mol. The minimum absolute atomic E-state index is 0.362. The second-order valence-corrected chi connectivity index (χ2v) is 5.07. The molecule has 0 bridgehead atoms. The summed E-state index contributed by atoms with van der Waals surface area (Å²) in [5.74, 6) is 2.00. The fourth-order valence-electron chi connectivity index (χ4n) is 2.53. The van der Waals surface area contributed by atoms with E-state index in [2.05, 4.69) is 31.6 Å². The lowest BCUT2D eigenvalue weighted by molar-refractivity contribution is 0.158. The van der Waals surface area contributed by atoms with Crippen molar-refractivity contribution in [3.63, 3.8) is 0 Å². The first-order chi connectivity index (χ1) is 7.00. The molecule has 0 radical (unpaired) electrons. The summed E-state index contributed by atoms with van der Waals surface area (Å²) < 4.78 is 0. The highest BCUT2D eigenvalue weighted by Gasteiger charge is 2.30. The Morgan fingerprint density at radius 2 is 2.07 bits per heavy atom. The summed E-state index contributed by atoms with van der Waals surface area (Å²) in [5, 5.41) is 0. The van der Waals surface area contributed by atoms with Gasteiger partial charge in [-0.25, -0.2) is 10.2 Å². The van der Waals surface area contributed by atoms with Crippen LogP contribution in [0.1, 0.15) is 40.0 Å². The minimum Gasteiger partial charge on any atom is -0.351 e. The van der Waals surface area contributed by atoms with Crippen LogP contribution in [0.2, 0.25) is 0 Å². The van der Waals surface area contributed by atoms with E-state index in [-0.39, 0.29) is 0 Å². The van der Waals surface area contributed by atoms with Gasteiger partial charge in [0.15, 0.2) is 0 Å². The van der Waals surface area contributed by atoms with Crippen molar-refractivity contribution in [1.29, 1.82) is 0 Å². The van der Waals surface area contributed by atoms with Crippen molar-refractivity contribution in [3.05, 3.63) is 0 Å². The van der Waals surface area contributed by atoms with Gasteiger partial charge in [-0.05, 0) is 30.6 Å². The maximum absolute atomic E-state index is 10.6. The van der Waals surface area contributed by atoms with Gasteiger partial charge in [0, 0.05) is 6.04 Å². The molecule has 0 saturated heterocycles. The molecule has 4 N–H and O–H groups in total. The molecular formula is C11H23N3O. The summed E-state index contributed by atoms with van der Waals surface area (Å²) in [6.07, 6.45) is 3.64. The van der Waals surface area contributed by atoms with E-state index in [0.717, 1.165) is 12.3 Å². The quantitative estimate of drug-likeness (QED) is 0.624. The maximum atomic E-state index is 10.6. The number of primary amides is 1. The van der Waals surface area contributed by atoms with E-state index in [1.807, 2.05) is 0 Å². The van der Waals surface area contributed by atoms with Crippen LogP contribution in [0.5, 0.6) is 0 Å². The number of carbonyl (C=O) groups excluding carboxylic acids is 1. The molecule has 0 spiro atoms. The van der Waals surface area contributed by atoms with Crippen LogP contribution in [0.3, 0.4) is 0 Å². The number of nitrogens with two attached hydrogens (primary N) is 1. The van der Waals surface area contributed by atoms with Gasteiger partial charge in [0.1, 0.15) is 0 Å². The van der Waals surface area contributed by atoms with Gasteiger partial charge < -0.3 is 5.73 Å². The molecule has 15 heavy (non-hydrogen) atoms. The van der Waals surface area contributed by atoms with Crippen molar-refractivity contribution in [2.75, 3.05) is 0 Å². The van der Waals surface area contributed by atoms with Crippen molar-refractivity contribution >= 4 is 6.03 Å². The number of urea groups is 1. The Morgan fingerprint density at radius 3 is 2.60 bits per heavy atom. The lowest BCUT2D eigenvalue weighted by Crippen LogP contribution is -2.52. The third-order valence-corrected chi connectivity index (χ3v) is 3.40. The first-order valence-corrected chi connectivity index (χ1v) is 5.81. The van der Waals surface area contributed by atoms with E-state index in [1.54, 1.807) is 0 Å². The summed E-state index contributed by atoms with van der Waals surface area (Å²) in [6, 6.07) is -0.142. The number of hydrogen-bond donors (Lipinski definition) is 3. The highest BCUT2D eigenvalue weighted by Crippen LogP contribution is 2.33. The van der Waals surface area contributed by atoms with Crippen LogP contribution in [-0.4, -0.2) is 12.1 Å². The molecule has 0 unspecified atom stereocenters. The zero-order valence-electron chi connectivity index (χ0n) is 9.92. The Labute approximate surface area is 92.0 Å². The monoisotopic (exact) mass is 213 g/mol. The molecule has 3 atom stereocenters. The van der Waals surface area contributed by atoms with Crippen LogP contribution in [0.25, 0.3) is 0 Å². The Morgan fingerprint density at radius 1 is 1.40 bits per heavy atom. The van der Waals surface area contributed by atoms with Gasteiger partial charge in [-0.15, -0.1) is 0 Å². The summed E-state index contributed by atoms with van der Waals surface area (Å²) in [5.41, 5.74) is 10.6. The second-order valence-electron chi connectivity index (χ2n) is 5.07. The number of nitrogens with one attached hydrogen (secondary N) is 2. The van der Waals surface area contributed by atoms with E-state index in [9.17, 15) is 4.79 Å². The predicted molar refractivity (Wildman–Crippen MR) is 61.0 cm³/mol. The third-order valence-electron chi connectivity index (χ3n) is 3.40. The lowest BCUT2D eigenvalue weighted by atomic mass is 9.74. The van der Waals surface area contributed by atoms with Gasteiger partial charge in [-0.2, -0.15) is 0 Å². The molecular weight excluding hydrogens is 190 g/mol. The minimum atomic E-state index is -0.504. The van der Waals surface area contributed by atoms with Gasteiger partial charge in [0.25, 0.3) is 0 Å². The molecule has 4 nitrogen and oxygen atoms in total. The molecule has 0 aromatic carbocycles. The number of amides is 2. The van der Waals surface area contributed by atoms with Gasteiger partial charge in [0.2, 0.25) is 0 Å². The first kappa shape index (κ1) is 12.3. The van der Waals surface area contributed by atoms with E-state index in [1.165, 1.54) is 12.8 Å². The zero-order valence-corrected chi connectivity index (χ0v) is 9.92. The maximum Gasteiger partial charge on any atom is 0.326 e. The summed E-state index contributed by atoms with van der Waals surface area (Å²) in [6.45, 7) is 6.73. The number of hydrogen-bond acceptors (Lipinski definition) is 2. The van der Waals surface area contributed by atoms with Crippen molar-refractivity contribution < 1.29 is 4.79 Å².